The SMILES string of the molecule is Cc1csc(CN2C(=O)CN(Cc3ccccc3Cl)C(=O)[C@@H]2C)n1. The first kappa shape index (κ1) is 16.9. The van der Waals surface area contributed by atoms with Crippen molar-refractivity contribution < 1.29 is 9.59 Å². The number of hydrogen-bond acceptors (Lipinski definition) is 4. The summed E-state index contributed by atoms with van der Waals surface area (Å²) in [7, 11) is 0. The molecule has 0 spiro atoms. The van der Waals surface area contributed by atoms with Crippen LogP contribution in [0.3, 0.4) is 0 Å². The number of nitrogens with zero attached hydrogens (tertiary/aromatic N) is 3. The van der Waals surface area contributed by atoms with Gasteiger partial charge in [0, 0.05) is 22.6 Å². The van der Waals surface area contributed by atoms with Gasteiger partial charge >= 0.3 is 0 Å². The Bertz CT molecular complexity index is 777. The van der Waals surface area contributed by atoms with Gasteiger partial charge in [0.15, 0.2) is 0 Å². The lowest BCUT2D eigenvalue weighted by atomic mass is 10.1. The van der Waals surface area contributed by atoms with Gasteiger partial charge in [0.1, 0.15) is 17.6 Å². The van der Waals surface area contributed by atoms with Crippen LogP contribution in [0.5, 0.6) is 0 Å². The van der Waals surface area contributed by atoms with Crippen molar-refractivity contribution in [3.63, 3.8) is 0 Å². The van der Waals surface area contributed by atoms with Gasteiger partial charge in [-0.2, -0.15) is 0 Å². The minimum Gasteiger partial charge on any atom is -0.327 e. The van der Waals surface area contributed by atoms with E-state index >= 15 is 0 Å². The van der Waals surface area contributed by atoms with Crippen LogP contribution in [-0.2, 0) is 22.7 Å². The zero-order valence-electron chi connectivity index (χ0n) is 13.5. The van der Waals surface area contributed by atoms with Gasteiger partial charge in [-0.05, 0) is 25.5 Å². The Morgan fingerprint density at radius 3 is 2.71 bits per heavy atom. The van der Waals surface area contributed by atoms with Gasteiger partial charge in [0.2, 0.25) is 11.8 Å². The Morgan fingerprint density at radius 2 is 2.04 bits per heavy atom. The summed E-state index contributed by atoms with van der Waals surface area (Å²) in [6.07, 6.45) is 0. The highest BCUT2D eigenvalue weighted by Gasteiger charge is 2.36. The lowest BCUT2D eigenvalue weighted by molar-refractivity contribution is -0.156. The lowest BCUT2D eigenvalue weighted by Crippen LogP contribution is -2.58. The average Bonchev–Trinajstić information content (AvgIpc) is 2.96. The van der Waals surface area contributed by atoms with Crippen molar-refractivity contribution in [1.82, 2.24) is 14.8 Å². The molecule has 1 saturated heterocycles. The third kappa shape index (κ3) is 3.44. The zero-order valence-corrected chi connectivity index (χ0v) is 15.1. The van der Waals surface area contributed by atoms with Crippen molar-refractivity contribution >= 4 is 34.8 Å². The van der Waals surface area contributed by atoms with Gasteiger partial charge in [0.05, 0.1) is 6.54 Å². The van der Waals surface area contributed by atoms with Crippen molar-refractivity contribution in [2.75, 3.05) is 6.54 Å². The third-order valence-electron chi connectivity index (χ3n) is 4.07. The Morgan fingerprint density at radius 1 is 1.29 bits per heavy atom. The zero-order chi connectivity index (χ0) is 17.3. The minimum atomic E-state index is -0.502. The van der Waals surface area contributed by atoms with E-state index in [2.05, 4.69) is 4.98 Å². The number of halogens is 1. The smallest absolute Gasteiger partial charge is 0.245 e. The Hall–Kier alpha value is -1.92. The van der Waals surface area contributed by atoms with Crippen LogP contribution in [0.2, 0.25) is 5.02 Å². The number of rotatable bonds is 4. The molecule has 1 aromatic carbocycles. The first-order valence-corrected chi connectivity index (χ1v) is 8.94. The number of thiazole rings is 1. The highest BCUT2D eigenvalue weighted by molar-refractivity contribution is 7.09. The summed E-state index contributed by atoms with van der Waals surface area (Å²) in [5.74, 6) is -0.134. The van der Waals surface area contributed by atoms with E-state index in [4.69, 9.17) is 11.6 Å². The number of amides is 2. The second-order valence-electron chi connectivity index (χ2n) is 5.87. The summed E-state index contributed by atoms with van der Waals surface area (Å²) in [5, 5.41) is 3.39. The highest BCUT2D eigenvalue weighted by atomic mass is 35.5. The number of piperazine rings is 1. The van der Waals surface area contributed by atoms with Gasteiger partial charge in [-0.1, -0.05) is 29.8 Å². The second kappa shape index (κ2) is 6.91. The van der Waals surface area contributed by atoms with Crippen molar-refractivity contribution in [3.8, 4) is 0 Å². The molecule has 0 bridgehead atoms. The average molecular weight is 364 g/mol. The first-order chi connectivity index (χ1) is 11.5. The van der Waals surface area contributed by atoms with Crippen LogP contribution in [0.25, 0.3) is 0 Å². The normalized spacial score (nSPS) is 18.4. The van der Waals surface area contributed by atoms with Crippen LogP contribution in [0.1, 0.15) is 23.2 Å². The molecule has 126 valence electrons. The number of benzene rings is 1. The molecule has 7 heteroatoms. The van der Waals surface area contributed by atoms with Gasteiger partial charge in [-0.3, -0.25) is 9.59 Å². The van der Waals surface area contributed by atoms with E-state index in [1.165, 1.54) is 11.3 Å². The maximum absolute atomic E-state index is 12.7. The molecule has 24 heavy (non-hydrogen) atoms. The minimum absolute atomic E-state index is 0.0669. The molecule has 2 heterocycles. The van der Waals surface area contributed by atoms with Gasteiger partial charge < -0.3 is 9.80 Å². The fraction of sp³-hybridized carbons (Fsp3) is 0.353. The summed E-state index contributed by atoms with van der Waals surface area (Å²) in [6.45, 7) is 4.47. The largest absolute Gasteiger partial charge is 0.327 e. The van der Waals surface area contributed by atoms with Crippen LogP contribution in [-0.4, -0.2) is 39.2 Å². The van der Waals surface area contributed by atoms with Crippen molar-refractivity contribution in [1.29, 1.82) is 0 Å². The Balaban J connectivity index is 1.73. The van der Waals surface area contributed by atoms with E-state index < -0.39 is 6.04 Å². The monoisotopic (exact) mass is 363 g/mol. The number of aryl methyl sites for hydroxylation is 1. The van der Waals surface area contributed by atoms with Crippen LogP contribution in [0.15, 0.2) is 29.6 Å². The molecular formula is C17H18ClN3O2S. The van der Waals surface area contributed by atoms with E-state index in [0.717, 1.165) is 16.3 Å². The molecule has 0 aliphatic carbocycles. The van der Waals surface area contributed by atoms with E-state index in [9.17, 15) is 9.59 Å². The maximum Gasteiger partial charge on any atom is 0.245 e. The topological polar surface area (TPSA) is 53.5 Å². The van der Waals surface area contributed by atoms with Gasteiger partial charge in [-0.15, -0.1) is 11.3 Å². The summed E-state index contributed by atoms with van der Waals surface area (Å²) in [4.78, 5) is 32.7. The fourth-order valence-electron chi connectivity index (χ4n) is 2.76. The van der Waals surface area contributed by atoms with Gasteiger partial charge in [-0.25, -0.2) is 4.98 Å². The van der Waals surface area contributed by atoms with Crippen LogP contribution in [0, 0.1) is 6.92 Å². The first-order valence-electron chi connectivity index (χ1n) is 7.68. The highest BCUT2D eigenvalue weighted by Crippen LogP contribution is 2.22. The maximum atomic E-state index is 12.7. The molecule has 1 atom stereocenters. The van der Waals surface area contributed by atoms with Crippen molar-refractivity contribution in [3.05, 3.63) is 50.9 Å². The number of carbonyl (C=O) groups is 2. The van der Waals surface area contributed by atoms with E-state index in [1.54, 1.807) is 22.8 Å². The van der Waals surface area contributed by atoms with Crippen LogP contribution in [0.4, 0.5) is 0 Å². The molecule has 2 amide bonds. The van der Waals surface area contributed by atoms with Gasteiger partial charge in [0.25, 0.3) is 0 Å². The lowest BCUT2D eigenvalue weighted by Gasteiger charge is -2.38. The molecule has 0 unspecified atom stereocenters. The molecule has 1 aromatic heterocycles. The molecule has 5 nitrogen and oxygen atoms in total. The molecular weight excluding hydrogens is 346 g/mol. The predicted molar refractivity (Wildman–Crippen MR) is 93.7 cm³/mol. The summed E-state index contributed by atoms with van der Waals surface area (Å²) < 4.78 is 0. The van der Waals surface area contributed by atoms with Crippen LogP contribution < -0.4 is 0 Å². The Labute approximate surface area is 149 Å². The quantitative estimate of drug-likeness (QED) is 0.839. The molecule has 3 rings (SSSR count). The number of aromatic nitrogens is 1. The molecule has 0 radical (unpaired) electrons. The van der Waals surface area contributed by atoms with Crippen molar-refractivity contribution in [2.45, 2.75) is 33.0 Å². The molecule has 0 N–H and O–H groups in total. The predicted octanol–water partition coefficient (Wildman–Crippen LogP) is 2.86. The van der Waals surface area contributed by atoms with Crippen LogP contribution >= 0.6 is 22.9 Å². The standard InChI is InChI=1S/C17H18ClN3O2S/c1-11-10-24-15(19-11)8-21-12(2)17(23)20(9-16(21)22)7-13-5-3-4-6-14(13)18/h3-6,10,12H,7-9H2,1-2H3/t12-/m0/s1. The summed E-state index contributed by atoms with van der Waals surface area (Å²) in [5.41, 5.74) is 1.77. The summed E-state index contributed by atoms with van der Waals surface area (Å²) >= 11 is 7.67. The van der Waals surface area contributed by atoms with E-state index in [-0.39, 0.29) is 18.4 Å². The number of hydrogen-bond donors (Lipinski definition) is 0. The molecule has 1 aliphatic rings. The number of carbonyl (C=O) groups excluding carboxylic acids is 2. The Kier molecular flexibility index (Phi) is 4.87. The fourth-order valence-corrected chi connectivity index (χ4v) is 3.72. The third-order valence-corrected chi connectivity index (χ3v) is 5.39. The molecule has 1 fully saturated rings. The van der Waals surface area contributed by atoms with E-state index in [1.807, 2.05) is 30.5 Å². The molecule has 1 aliphatic heterocycles. The van der Waals surface area contributed by atoms with E-state index in [0.29, 0.717) is 18.1 Å². The summed E-state index contributed by atoms with van der Waals surface area (Å²) in [6, 6.07) is 6.87. The molecule has 2 aromatic rings. The van der Waals surface area contributed by atoms with Crippen molar-refractivity contribution in [2.24, 2.45) is 0 Å². The molecule has 0 saturated carbocycles. The second-order valence-corrected chi connectivity index (χ2v) is 7.22.